The Morgan fingerprint density at radius 1 is 1.14 bits per heavy atom. The summed E-state index contributed by atoms with van der Waals surface area (Å²) in [7, 11) is -6.47. The summed E-state index contributed by atoms with van der Waals surface area (Å²) in [5.74, 6) is -0.426. The molecule has 0 N–H and O–H groups in total. The second-order valence-corrected chi connectivity index (χ2v) is 12.4. The molecule has 12 heteroatoms. The molecule has 0 saturated heterocycles. The summed E-state index contributed by atoms with van der Waals surface area (Å²) in [5.41, 5.74) is 3.38. The molecule has 3 aromatic rings. The van der Waals surface area contributed by atoms with E-state index in [1.807, 2.05) is 22.6 Å². The van der Waals surface area contributed by atoms with Gasteiger partial charge in [-0.1, -0.05) is 34.0 Å². The number of aromatic nitrogens is 2. The Labute approximate surface area is 212 Å². The van der Waals surface area contributed by atoms with E-state index in [1.54, 1.807) is 55.0 Å². The zero-order chi connectivity index (χ0) is 24.5. The molecule has 0 spiro atoms. The van der Waals surface area contributed by atoms with Gasteiger partial charge in [0.2, 0.25) is 20.0 Å². The molecule has 1 aliphatic heterocycles. The quantitative estimate of drug-likeness (QED) is 0.456. The molecular formula is C23H26ClN5O4S2. The molecule has 2 aromatic carbocycles. The molecule has 0 aliphatic carbocycles. The van der Waals surface area contributed by atoms with Gasteiger partial charge < -0.3 is 9.47 Å². The van der Waals surface area contributed by atoms with Gasteiger partial charge in [0, 0.05) is 25.5 Å². The molecular weight excluding hydrogens is 510 g/mol. The molecule has 35 heavy (non-hydrogen) atoms. The molecule has 1 aliphatic rings. The lowest BCUT2D eigenvalue weighted by molar-refractivity contribution is 0.406. The minimum Gasteiger partial charge on any atom is -0.364 e. The number of aryl methyl sites for hydroxylation is 1. The molecule has 0 fully saturated rings. The third-order valence-electron chi connectivity index (χ3n) is 5.80. The third-order valence-corrected chi connectivity index (χ3v) is 9.79. The van der Waals surface area contributed by atoms with E-state index in [9.17, 15) is 22.1 Å². The van der Waals surface area contributed by atoms with Crippen LogP contribution in [0.2, 0.25) is 0 Å². The molecule has 1 aromatic heterocycles. The van der Waals surface area contributed by atoms with E-state index in [0.717, 1.165) is 23.2 Å². The maximum Gasteiger partial charge on any atom is 0.231 e. The fourth-order valence-corrected chi connectivity index (χ4v) is 8.20. The Balaban J connectivity index is 0.00000342. The number of hydrogen-bond donors (Lipinski definition) is 0. The Morgan fingerprint density at radius 2 is 1.86 bits per heavy atom. The summed E-state index contributed by atoms with van der Waals surface area (Å²) in [6.07, 6.45) is 4.48. The van der Waals surface area contributed by atoms with Crippen molar-refractivity contribution in [1.29, 1.82) is 5.26 Å². The van der Waals surface area contributed by atoms with E-state index in [4.69, 9.17) is 0 Å². The Morgan fingerprint density at radius 3 is 2.46 bits per heavy atom. The SMILES string of the molecule is Cl.Cn1cncc1CN1CC(N(S(C)(=O)=O)S(=O)(=O)Cc2ccccc2)Cc2cc(C#N)ccc21. The summed E-state index contributed by atoms with van der Waals surface area (Å²) in [5, 5.41) is 9.37. The van der Waals surface area contributed by atoms with Gasteiger partial charge in [-0.05, 0) is 35.7 Å². The number of halogens is 1. The summed E-state index contributed by atoms with van der Waals surface area (Å²) in [6.45, 7) is 0.577. The van der Waals surface area contributed by atoms with Crippen LogP contribution in [-0.4, -0.2) is 48.9 Å². The van der Waals surface area contributed by atoms with Crippen molar-refractivity contribution in [2.24, 2.45) is 7.05 Å². The molecule has 0 amide bonds. The molecule has 4 rings (SSSR count). The molecule has 9 nitrogen and oxygen atoms in total. The molecule has 1 atom stereocenters. The number of fused-ring (bicyclic) bond motifs is 1. The van der Waals surface area contributed by atoms with Gasteiger partial charge in [-0.15, -0.1) is 12.4 Å². The second kappa shape index (κ2) is 10.4. The lowest BCUT2D eigenvalue weighted by Crippen LogP contribution is -2.53. The first-order valence-electron chi connectivity index (χ1n) is 10.6. The average molecular weight is 536 g/mol. The normalized spacial score (nSPS) is 15.8. The second-order valence-electron chi connectivity index (χ2n) is 8.42. The van der Waals surface area contributed by atoms with Crippen LogP contribution in [0.25, 0.3) is 0 Å². The number of anilines is 1. The van der Waals surface area contributed by atoms with E-state index in [2.05, 4.69) is 11.1 Å². The molecule has 0 saturated carbocycles. The zero-order valence-electron chi connectivity index (χ0n) is 19.3. The van der Waals surface area contributed by atoms with Gasteiger partial charge in [0.1, 0.15) is 0 Å². The fraction of sp³-hybridized carbons (Fsp3) is 0.304. The topological polar surface area (TPSA) is 116 Å². The number of rotatable bonds is 7. The smallest absolute Gasteiger partial charge is 0.231 e. The first-order valence-corrected chi connectivity index (χ1v) is 14.0. The van der Waals surface area contributed by atoms with E-state index in [1.165, 1.54) is 0 Å². The minimum atomic E-state index is -4.21. The predicted octanol–water partition coefficient (Wildman–Crippen LogP) is 2.44. The summed E-state index contributed by atoms with van der Waals surface area (Å²) < 4.78 is 55.0. The summed E-state index contributed by atoms with van der Waals surface area (Å²) >= 11 is 0. The van der Waals surface area contributed by atoms with Crippen LogP contribution in [0.4, 0.5) is 5.69 Å². The first-order chi connectivity index (χ1) is 16.1. The van der Waals surface area contributed by atoms with Crippen molar-refractivity contribution in [1.82, 2.24) is 13.3 Å². The van der Waals surface area contributed by atoms with Crippen LogP contribution in [0.5, 0.6) is 0 Å². The van der Waals surface area contributed by atoms with Gasteiger partial charge in [0.15, 0.2) is 0 Å². The van der Waals surface area contributed by atoms with Crippen molar-refractivity contribution in [2.45, 2.75) is 24.8 Å². The highest BCUT2D eigenvalue weighted by Gasteiger charge is 2.41. The van der Waals surface area contributed by atoms with Crippen molar-refractivity contribution < 1.29 is 16.8 Å². The van der Waals surface area contributed by atoms with E-state index < -0.39 is 31.8 Å². The van der Waals surface area contributed by atoms with Gasteiger partial charge in [0.05, 0.1) is 48.2 Å². The molecule has 0 bridgehead atoms. The highest BCUT2D eigenvalue weighted by Crippen LogP contribution is 2.33. The largest absolute Gasteiger partial charge is 0.364 e. The van der Waals surface area contributed by atoms with Crippen LogP contribution < -0.4 is 4.90 Å². The van der Waals surface area contributed by atoms with Gasteiger partial charge >= 0.3 is 0 Å². The van der Waals surface area contributed by atoms with E-state index in [0.29, 0.717) is 21.4 Å². The average Bonchev–Trinajstić information content (AvgIpc) is 3.16. The van der Waals surface area contributed by atoms with Crippen molar-refractivity contribution >= 4 is 38.1 Å². The number of imidazole rings is 1. The van der Waals surface area contributed by atoms with Crippen LogP contribution in [0, 0.1) is 11.3 Å². The lowest BCUT2D eigenvalue weighted by Gasteiger charge is -2.39. The maximum atomic E-state index is 13.4. The highest BCUT2D eigenvalue weighted by molar-refractivity contribution is 8.03. The van der Waals surface area contributed by atoms with Crippen LogP contribution in [0.3, 0.4) is 0 Å². The maximum absolute atomic E-state index is 13.4. The number of hydrogen-bond acceptors (Lipinski definition) is 7. The van der Waals surface area contributed by atoms with Gasteiger partial charge in [0.25, 0.3) is 0 Å². The van der Waals surface area contributed by atoms with Crippen molar-refractivity contribution in [3.05, 3.63) is 83.4 Å². The molecule has 186 valence electrons. The van der Waals surface area contributed by atoms with Crippen LogP contribution in [-0.2, 0) is 45.8 Å². The Hall–Kier alpha value is -2.91. The van der Waals surface area contributed by atoms with Crippen molar-refractivity contribution in [2.75, 3.05) is 17.7 Å². The zero-order valence-corrected chi connectivity index (χ0v) is 21.7. The van der Waals surface area contributed by atoms with E-state index in [-0.39, 0.29) is 25.4 Å². The summed E-state index contributed by atoms with van der Waals surface area (Å²) in [4.78, 5) is 6.08. The van der Waals surface area contributed by atoms with Crippen molar-refractivity contribution in [3.63, 3.8) is 0 Å². The minimum absolute atomic E-state index is 0. The summed E-state index contributed by atoms with van der Waals surface area (Å²) in [6, 6.07) is 15.0. The van der Waals surface area contributed by atoms with Crippen LogP contribution in [0.15, 0.2) is 61.1 Å². The van der Waals surface area contributed by atoms with Gasteiger partial charge in [-0.3, -0.25) is 0 Å². The van der Waals surface area contributed by atoms with E-state index >= 15 is 0 Å². The standard InChI is InChI=1S/C23H25N5O4S2.ClH/c1-26-17-25-13-22(26)15-27-14-21(11-20-10-19(12-24)8-9-23(20)27)28(33(2,29)30)34(31,32)16-18-6-4-3-5-7-18;/h3-10,13,17,21H,11,14-16H2,1-2H3;1H. The fourth-order valence-electron chi connectivity index (χ4n) is 4.37. The highest BCUT2D eigenvalue weighted by atomic mass is 35.5. The Bertz CT molecular complexity index is 1450. The molecule has 2 heterocycles. The van der Waals surface area contributed by atoms with Gasteiger partial charge in [-0.25, -0.2) is 21.8 Å². The van der Waals surface area contributed by atoms with Crippen molar-refractivity contribution in [3.8, 4) is 6.07 Å². The molecule has 1 unspecified atom stereocenters. The monoisotopic (exact) mass is 535 g/mol. The number of nitriles is 1. The van der Waals surface area contributed by atoms with Crippen LogP contribution in [0.1, 0.15) is 22.4 Å². The predicted molar refractivity (Wildman–Crippen MR) is 136 cm³/mol. The number of sulfonamides is 2. The first kappa shape index (κ1) is 26.7. The van der Waals surface area contributed by atoms with Gasteiger partial charge in [-0.2, -0.15) is 5.26 Å². The number of nitrogens with zero attached hydrogens (tertiary/aromatic N) is 5. The number of benzene rings is 2. The Kier molecular flexibility index (Phi) is 7.91. The van der Waals surface area contributed by atoms with Crippen LogP contribution >= 0.6 is 12.4 Å². The lowest BCUT2D eigenvalue weighted by atomic mass is 9.96. The molecule has 0 radical (unpaired) electrons. The third kappa shape index (κ3) is 5.85.